The fraction of sp³-hybridized carbons (Fsp3) is 0.429. The van der Waals surface area contributed by atoms with E-state index in [1.165, 1.54) is 0 Å². The Labute approximate surface area is 106 Å². The van der Waals surface area contributed by atoms with Crippen LogP contribution in [0.2, 0.25) is 0 Å². The van der Waals surface area contributed by atoms with Crippen LogP contribution in [0.3, 0.4) is 0 Å². The standard InChI is InChI=1S/C14H16N2O2/c1-10-8-13(10)16-14(18)12-6-5-11(9-15-12)4-2-3-7-17/h5-6,9-10,13,17H,3,7-8H2,1H3,(H,16,18). The van der Waals surface area contributed by atoms with Gasteiger partial charge >= 0.3 is 0 Å². The molecule has 1 saturated carbocycles. The maximum absolute atomic E-state index is 11.8. The molecule has 94 valence electrons. The van der Waals surface area contributed by atoms with Crippen molar-refractivity contribution >= 4 is 5.91 Å². The van der Waals surface area contributed by atoms with E-state index in [2.05, 4.69) is 29.1 Å². The molecule has 1 aliphatic rings. The normalized spacial score (nSPS) is 20.8. The minimum absolute atomic E-state index is 0.0560. The topological polar surface area (TPSA) is 62.2 Å². The first-order valence-corrected chi connectivity index (χ1v) is 6.07. The Balaban J connectivity index is 1.95. The van der Waals surface area contributed by atoms with Gasteiger partial charge < -0.3 is 10.4 Å². The van der Waals surface area contributed by atoms with Crippen LogP contribution in [0.5, 0.6) is 0 Å². The number of aromatic nitrogens is 1. The monoisotopic (exact) mass is 244 g/mol. The third-order valence-corrected chi connectivity index (χ3v) is 2.89. The van der Waals surface area contributed by atoms with E-state index in [4.69, 9.17) is 5.11 Å². The predicted molar refractivity (Wildman–Crippen MR) is 67.9 cm³/mol. The second kappa shape index (κ2) is 5.65. The molecule has 1 aromatic rings. The second-order valence-corrected chi connectivity index (χ2v) is 4.50. The van der Waals surface area contributed by atoms with Crippen molar-refractivity contribution in [2.45, 2.75) is 25.8 Å². The number of carbonyl (C=O) groups is 1. The van der Waals surface area contributed by atoms with E-state index in [1.807, 2.05) is 0 Å². The zero-order valence-corrected chi connectivity index (χ0v) is 10.3. The smallest absolute Gasteiger partial charge is 0.270 e. The molecule has 1 amide bonds. The number of carbonyl (C=O) groups excluding carboxylic acids is 1. The van der Waals surface area contributed by atoms with Gasteiger partial charge in [-0.05, 0) is 24.5 Å². The van der Waals surface area contributed by atoms with Gasteiger partial charge in [0.2, 0.25) is 0 Å². The SMILES string of the molecule is CC1CC1NC(=O)c1ccc(C#CCCO)cn1. The molecular formula is C14H16N2O2. The van der Waals surface area contributed by atoms with Gasteiger partial charge in [0.25, 0.3) is 5.91 Å². The molecule has 2 rings (SSSR count). The highest BCUT2D eigenvalue weighted by molar-refractivity contribution is 5.92. The number of nitrogens with zero attached hydrogens (tertiary/aromatic N) is 1. The first-order chi connectivity index (χ1) is 8.70. The average molecular weight is 244 g/mol. The van der Waals surface area contributed by atoms with Crippen LogP contribution < -0.4 is 5.32 Å². The Bertz CT molecular complexity index is 485. The Morgan fingerprint density at radius 3 is 2.94 bits per heavy atom. The number of amides is 1. The second-order valence-electron chi connectivity index (χ2n) is 4.50. The highest BCUT2D eigenvalue weighted by atomic mass is 16.2. The number of aliphatic hydroxyl groups is 1. The van der Waals surface area contributed by atoms with Crippen LogP contribution in [0.1, 0.15) is 35.8 Å². The van der Waals surface area contributed by atoms with Crippen molar-refractivity contribution in [1.82, 2.24) is 10.3 Å². The molecule has 0 saturated heterocycles. The Kier molecular flexibility index (Phi) is 3.96. The summed E-state index contributed by atoms with van der Waals surface area (Å²) in [6, 6.07) is 3.75. The molecule has 0 bridgehead atoms. The summed E-state index contributed by atoms with van der Waals surface area (Å²) in [5, 5.41) is 11.5. The van der Waals surface area contributed by atoms with Crippen molar-refractivity contribution in [3.8, 4) is 11.8 Å². The molecule has 1 heterocycles. The van der Waals surface area contributed by atoms with Gasteiger partial charge in [-0.25, -0.2) is 4.98 Å². The number of nitrogens with one attached hydrogen (secondary N) is 1. The minimum atomic E-state index is -0.126. The third kappa shape index (κ3) is 3.31. The van der Waals surface area contributed by atoms with Crippen molar-refractivity contribution in [2.24, 2.45) is 5.92 Å². The summed E-state index contributed by atoms with van der Waals surface area (Å²) >= 11 is 0. The lowest BCUT2D eigenvalue weighted by Crippen LogP contribution is -2.27. The van der Waals surface area contributed by atoms with Crippen molar-refractivity contribution in [3.63, 3.8) is 0 Å². The van der Waals surface area contributed by atoms with Gasteiger partial charge in [-0.15, -0.1) is 0 Å². The van der Waals surface area contributed by atoms with E-state index in [0.29, 0.717) is 24.1 Å². The Morgan fingerprint density at radius 1 is 1.61 bits per heavy atom. The van der Waals surface area contributed by atoms with E-state index in [9.17, 15) is 4.79 Å². The molecule has 0 spiro atoms. The molecule has 4 heteroatoms. The number of hydrogen-bond donors (Lipinski definition) is 2. The number of aliphatic hydroxyl groups excluding tert-OH is 1. The zero-order chi connectivity index (χ0) is 13.0. The first kappa shape index (κ1) is 12.6. The van der Waals surface area contributed by atoms with Crippen LogP contribution in [0.4, 0.5) is 0 Å². The molecule has 1 aromatic heterocycles. The average Bonchev–Trinajstić information content (AvgIpc) is 3.06. The van der Waals surface area contributed by atoms with Gasteiger partial charge in [0, 0.05) is 24.2 Å². The van der Waals surface area contributed by atoms with Crippen molar-refractivity contribution < 1.29 is 9.90 Å². The van der Waals surface area contributed by atoms with Gasteiger partial charge in [-0.2, -0.15) is 0 Å². The molecule has 2 atom stereocenters. The highest BCUT2D eigenvalue weighted by Gasteiger charge is 2.34. The van der Waals surface area contributed by atoms with Gasteiger partial charge in [0.05, 0.1) is 6.61 Å². The van der Waals surface area contributed by atoms with Crippen molar-refractivity contribution in [3.05, 3.63) is 29.6 Å². The third-order valence-electron chi connectivity index (χ3n) is 2.89. The molecule has 2 N–H and O–H groups in total. The molecule has 2 unspecified atom stereocenters. The summed E-state index contributed by atoms with van der Waals surface area (Å²) in [6.45, 7) is 2.17. The largest absolute Gasteiger partial charge is 0.395 e. The van der Waals surface area contributed by atoms with Crippen LogP contribution in [0.25, 0.3) is 0 Å². The van der Waals surface area contributed by atoms with E-state index >= 15 is 0 Å². The van der Waals surface area contributed by atoms with Gasteiger partial charge in [-0.1, -0.05) is 18.8 Å². The lowest BCUT2D eigenvalue weighted by Gasteiger charge is -2.02. The van der Waals surface area contributed by atoms with E-state index in [0.717, 1.165) is 12.0 Å². The lowest BCUT2D eigenvalue weighted by atomic mass is 10.2. The fourth-order valence-electron chi connectivity index (χ4n) is 1.59. The summed E-state index contributed by atoms with van der Waals surface area (Å²) in [7, 11) is 0. The predicted octanol–water partition coefficient (Wildman–Crippen LogP) is 0.954. The molecule has 0 aromatic carbocycles. The summed E-state index contributed by atoms with van der Waals surface area (Å²) in [6.07, 6.45) is 3.08. The molecule has 1 aliphatic carbocycles. The van der Waals surface area contributed by atoms with Crippen LogP contribution in [0, 0.1) is 17.8 Å². The van der Waals surface area contributed by atoms with Crippen LogP contribution >= 0.6 is 0 Å². The zero-order valence-electron chi connectivity index (χ0n) is 10.3. The summed E-state index contributed by atoms with van der Waals surface area (Å²) in [5.41, 5.74) is 1.17. The van der Waals surface area contributed by atoms with Crippen molar-refractivity contribution in [2.75, 3.05) is 6.61 Å². The van der Waals surface area contributed by atoms with E-state index in [1.54, 1.807) is 18.3 Å². The first-order valence-electron chi connectivity index (χ1n) is 6.07. The van der Waals surface area contributed by atoms with E-state index < -0.39 is 0 Å². The van der Waals surface area contributed by atoms with Crippen LogP contribution in [-0.4, -0.2) is 28.6 Å². The van der Waals surface area contributed by atoms with Crippen LogP contribution in [0.15, 0.2) is 18.3 Å². The van der Waals surface area contributed by atoms with Crippen molar-refractivity contribution in [1.29, 1.82) is 0 Å². The maximum Gasteiger partial charge on any atom is 0.270 e. The fourth-order valence-corrected chi connectivity index (χ4v) is 1.59. The highest BCUT2D eigenvalue weighted by Crippen LogP contribution is 2.29. The molecule has 18 heavy (non-hydrogen) atoms. The van der Waals surface area contributed by atoms with E-state index in [-0.39, 0.29) is 12.5 Å². The number of hydrogen-bond acceptors (Lipinski definition) is 3. The lowest BCUT2D eigenvalue weighted by molar-refractivity contribution is 0.0944. The molecular weight excluding hydrogens is 228 g/mol. The molecule has 0 radical (unpaired) electrons. The molecule has 4 nitrogen and oxygen atoms in total. The van der Waals surface area contributed by atoms with Crippen LogP contribution in [-0.2, 0) is 0 Å². The van der Waals surface area contributed by atoms with Gasteiger partial charge in [0.1, 0.15) is 5.69 Å². The summed E-state index contributed by atoms with van der Waals surface area (Å²) in [5.74, 6) is 6.13. The molecule has 1 fully saturated rings. The van der Waals surface area contributed by atoms with Gasteiger partial charge in [-0.3, -0.25) is 4.79 Å². The Morgan fingerprint density at radius 2 is 2.39 bits per heavy atom. The minimum Gasteiger partial charge on any atom is -0.395 e. The van der Waals surface area contributed by atoms with Gasteiger partial charge in [0.15, 0.2) is 0 Å². The summed E-state index contributed by atoms with van der Waals surface area (Å²) < 4.78 is 0. The molecule has 0 aliphatic heterocycles. The number of pyridine rings is 1. The summed E-state index contributed by atoms with van der Waals surface area (Å²) in [4.78, 5) is 15.9. The quantitative estimate of drug-likeness (QED) is 0.778. The number of rotatable bonds is 3. The Hall–Kier alpha value is -1.86. The maximum atomic E-state index is 11.8.